The lowest BCUT2D eigenvalue weighted by Crippen LogP contribution is -2.34. The number of pyridine rings is 1. The molecule has 98 valence electrons. The molecule has 0 amide bonds. The van der Waals surface area contributed by atoms with Crippen molar-refractivity contribution in [1.82, 2.24) is 10.3 Å². The summed E-state index contributed by atoms with van der Waals surface area (Å²) in [5, 5.41) is 3.49. The monoisotopic (exact) mass is 246 g/mol. The van der Waals surface area contributed by atoms with Gasteiger partial charge < -0.3 is 10.1 Å². The third-order valence-corrected chi connectivity index (χ3v) is 3.33. The number of aryl methyl sites for hydroxylation is 1. The Kier molecular flexibility index (Phi) is 4.37. The van der Waals surface area contributed by atoms with Gasteiger partial charge >= 0.3 is 0 Å². The van der Waals surface area contributed by atoms with Crippen molar-refractivity contribution >= 4 is 5.70 Å². The van der Waals surface area contributed by atoms with Gasteiger partial charge in [0.15, 0.2) is 0 Å². The molecule has 1 aromatic rings. The molecule has 0 saturated heterocycles. The van der Waals surface area contributed by atoms with Crippen LogP contribution >= 0.6 is 0 Å². The molecule has 0 fully saturated rings. The third-order valence-electron chi connectivity index (χ3n) is 3.33. The van der Waals surface area contributed by atoms with Crippen molar-refractivity contribution < 1.29 is 4.74 Å². The number of rotatable bonds is 4. The van der Waals surface area contributed by atoms with Crippen LogP contribution in [-0.4, -0.2) is 17.8 Å². The average molecular weight is 246 g/mol. The summed E-state index contributed by atoms with van der Waals surface area (Å²) in [4.78, 5) is 4.52. The van der Waals surface area contributed by atoms with Crippen LogP contribution in [0.2, 0.25) is 0 Å². The van der Waals surface area contributed by atoms with E-state index in [2.05, 4.69) is 36.3 Å². The molecule has 1 N–H and O–H groups in total. The van der Waals surface area contributed by atoms with Crippen molar-refractivity contribution in [3.8, 4) is 0 Å². The fourth-order valence-corrected chi connectivity index (χ4v) is 2.32. The Morgan fingerprint density at radius 2 is 2.22 bits per heavy atom. The number of aromatic nitrogens is 1. The van der Waals surface area contributed by atoms with Gasteiger partial charge in [0.25, 0.3) is 0 Å². The SMILES string of the molecule is CCOC1CCC(CC)=C(c2ccc(C)cn2)N1. The highest BCUT2D eigenvalue weighted by atomic mass is 16.5. The third kappa shape index (κ3) is 2.91. The van der Waals surface area contributed by atoms with Crippen LogP contribution < -0.4 is 5.32 Å². The first-order valence-corrected chi connectivity index (χ1v) is 6.77. The Morgan fingerprint density at radius 3 is 2.83 bits per heavy atom. The van der Waals surface area contributed by atoms with E-state index in [0.29, 0.717) is 0 Å². The fraction of sp³-hybridized carbons (Fsp3) is 0.533. The van der Waals surface area contributed by atoms with Crippen molar-refractivity contribution in [3.05, 3.63) is 35.2 Å². The number of nitrogens with one attached hydrogen (secondary N) is 1. The number of hydrogen-bond acceptors (Lipinski definition) is 3. The standard InChI is InChI=1S/C15H22N2O/c1-4-12-7-9-14(18-5-2)17-15(12)13-8-6-11(3)10-16-13/h6,8,10,14,17H,4-5,7,9H2,1-3H3. The Balaban J connectivity index is 2.25. The van der Waals surface area contributed by atoms with Gasteiger partial charge in [-0.3, -0.25) is 4.98 Å². The average Bonchev–Trinajstić information content (AvgIpc) is 2.40. The number of allylic oxidation sites excluding steroid dienone is 1. The molecule has 3 nitrogen and oxygen atoms in total. The first-order valence-electron chi connectivity index (χ1n) is 6.77. The first-order chi connectivity index (χ1) is 8.74. The molecular formula is C15H22N2O. The number of ether oxygens (including phenoxy) is 1. The first kappa shape index (κ1) is 13.1. The zero-order valence-corrected chi connectivity index (χ0v) is 11.5. The minimum absolute atomic E-state index is 0.128. The van der Waals surface area contributed by atoms with Crippen molar-refractivity contribution in [3.63, 3.8) is 0 Å². The molecule has 0 bridgehead atoms. The molecule has 0 radical (unpaired) electrons. The molecule has 3 heteroatoms. The van der Waals surface area contributed by atoms with E-state index >= 15 is 0 Å². The molecule has 0 saturated carbocycles. The Hall–Kier alpha value is -1.35. The van der Waals surface area contributed by atoms with Gasteiger partial charge in [0, 0.05) is 12.8 Å². The van der Waals surface area contributed by atoms with Crippen LogP contribution in [0.1, 0.15) is 44.4 Å². The van der Waals surface area contributed by atoms with Crippen molar-refractivity contribution in [2.24, 2.45) is 0 Å². The molecule has 2 heterocycles. The van der Waals surface area contributed by atoms with E-state index in [0.717, 1.165) is 31.6 Å². The topological polar surface area (TPSA) is 34.1 Å². The maximum absolute atomic E-state index is 5.68. The minimum atomic E-state index is 0.128. The summed E-state index contributed by atoms with van der Waals surface area (Å²) >= 11 is 0. The Bertz CT molecular complexity index is 423. The maximum atomic E-state index is 5.68. The molecule has 18 heavy (non-hydrogen) atoms. The second kappa shape index (κ2) is 6.01. The summed E-state index contributed by atoms with van der Waals surface area (Å²) in [5.74, 6) is 0. The summed E-state index contributed by atoms with van der Waals surface area (Å²) in [7, 11) is 0. The van der Waals surface area contributed by atoms with E-state index in [9.17, 15) is 0 Å². The molecule has 1 atom stereocenters. The normalized spacial score (nSPS) is 19.8. The van der Waals surface area contributed by atoms with E-state index < -0.39 is 0 Å². The van der Waals surface area contributed by atoms with Gasteiger partial charge in [-0.2, -0.15) is 0 Å². The van der Waals surface area contributed by atoms with Crippen LogP contribution in [0.3, 0.4) is 0 Å². The summed E-state index contributed by atoms with van der Waals surface area (Å²) in [5.41, 5.74) is 4.83. The largest absolute Gasteiger partial charge is 0.359 e. The Morgan fingerprint density at radius 1 is 1.39 bits per heavy atom. The van der Waals surface area contributed by atoms with Crippen LogP contribution in [0.15, 0.2) is 23.9 Å². The summed E-state index contributed by atoms with van der Waals surface area (Å²) in [6, 6.07) is 4.19. The molecule has 0 spiro atoms. The van der Waals surface area contributed by atoms with E-state index in [1.165, 1.54) is 16.8 Å². The maximum Gasteiger partial charge on any atom is 0.128 e. The van der Waals surface area contributed by atoms with Crippen LogP contribution in [0.25, 0.3) is 5.70 Å². The molecule has 1 aromatic heterocycles. The van der Waals surface area contributed by atoms with Crippen LogP contribution in [0.4, 0.5) is 0 Å². The van der Waals surface area contributed by atoms with Crippen molar-refractivity contribution in [2.75, 3.05) is 6.61 Å². The van der Waals surface area contributed by atoms with Crippen molar-refractivity contribution in [1.29, 1.82) is 0 Å². The highest BCUT2D eigenvalue weighted by Gasteiger charge is 2.20. The van der Waals surface area contributed by atoms with Gasteiger partial charge in [-0.1, -0.05) is 13.0 Å². The molecule has 1 aliphatic rings. The molecule has 1 unspecified atom stereocenters. The number of nitrogens with zero attached hydrogens (tertiary/aromatic N) is 1. The van der Waals surface area contributed by atoms with Crippen LogP contribution in [0.5, 0.6) is 0 Å². The summed E-state index contributed by atoms with van der Waals surface area (Å²) < 4.78 is 5.68. The molecule has 2 rings (SSSR count). The van der Waals surface area contributed by atoms with Crippen molar-refractivity contribution in [2.45, 2.75) is 46.3 Å². The zero-order valence-electron chi connectivity index (χ0n) is 11.5. The van der Waals surface area contributed by atoms with Crippen LogP contribution in [0, 0.1) is 6.92 Å². The molecule has 0 aromatic carbocycles. The lowest BCUT2D eigenvalue weighted by atomic mass is 9.98. The highest BCUT2D eigenvalue weighted by molar-refractivity contribution is 5.65. The second-order valence-electron chi connectivity index (χ2n) is 4.68. The van der Waals surface area contributed by atoms with E-state index in [4.69, 9.17) is 4.74 Å². The lowest BCUT2D eigenvalue weighted by molar-refractivity contribution is 0.0411. The quantitative estimate of drug-likeness (QED) is 0.885. The predicted molar refractivity (Wildman–Crippen MR) is 74.0 cm³/mol. The summed E-state index contributed by atoms with van der Waals surface area (Å²) in [6.07, 6.45) is 5.26. The zero-order chi connectivity index (χ0) is 13.0. The van der Waals surface area contributed by atoms with E-state index in [-0.39, 0.29) is 6.23 Å². The van der Waals surface area contributed by atoms with E-state index in [1.807, 2.05) is 13.1 Å². The second-order valence-corrected chi connectivity index (χ2v) is 4.68. The van der Waals surface area contributed by atoms with Gasteiger partial charge in [0.1, 0.15) is 6.23 Å². The predicted octanol–water partition coefficient (Wildman–Crippen LogP) is 3.26. The van der Waals surface area contributed by atoms with Gasteiger partial charge in [-0.15, -0.1) is 0 Å². The van der Waals surface area contributed by atoms with Gasteiger partial charge in [0.2, 0.25) is 0 Å². The highest BCUT2D eigenvalue weighted by Crippen LogP contribution is 2.27. The molecular weight excluding hydrogens is 224 g/mol. The fourth-order valence-electron chi connectivity index (χ4n) is 2.32. The van der Waals surface area contributed by atoms with Gasteiger partial charge in [-0.25, -0.2) is 0 Å². The minimum Gasteiger partial charge on any atom is -0.359 e. The summed E-state index contributed by atoms with van der Waals surface area (Å²) in [6.45, 7) is 7.04. The van der Waals surface area contributed by atoms with E-state index in [1.54, 1.807) is 0 Å². The molecule has 0 aliphatic carbocycles. The number of hydrogen-bond donors (Lipinski definition) is 1. The molecule has 1 aliphatic heterocycles. The van der Waals surface area contributed by atoms with Gasteiger partial charge in [-0.05, 0) is 50.3 Å². The smallest absolute Gasteiger partial charge is 0.128 e. The lowest BCUT2D eigenvalue weighted by Gasteiger charge is -2.29. The van der Waals surface area contributed by atoms with Crippen LogP contribution in [-0.2, 0) is 4.74 Å². The Labute approximate surface area is 109 Å². The van der Waals surface area contributed by atoms with Gasteiger partial charge in [0.05, 0.1) is 11.4 Å².